The molecule has 3 nitrogen and oxygen atoms in total. The smallest absolute Gasteiger partial charge is 0.0652 e. The summed E-state index contributed by atoms with van der Waals surface area (Å²) in [6, 6.07) is 0. The van der Waals surface area contributed by atoms with Crippen molar-refractivity contribution in [3.05, 3.63) is 0 Å². The van der Waals surface area contributed by atoms with E-state index in [-0.39, 0.29) is 6.10 Å². The lowest BCUT2D eigenvalue weighted by Gasteiger charge is -2.09. The average Bonchev–Trinajstić information content (AvgIpc) is 1.27. The molecule has 1 atom stereocenters. The van der Waals surface area contributed by atoms with E-state index >= 15 is 0 Å². The lowest BCUT2D eigenvalue weighted by molar-refractivity contribution is 0.142. The third kappa shape index (κ3) is 5.88. The molecule has 0 aromatic rings. The fraction of sp³-hybridized carbons (Fsp3) is 1.00. The molecule has 0 rings (SSSR count). The van der Waals surface area contributed by atoms with Crippen molar-refractivity contribution in [1.82, 2.24) is 5.01 Å². The second-order valence-corrected chi connectivity index (χ2v) is 1.79. The lowest BCUT2D eigenvalue weighted by atomic mass is 10.4. The normalized spacial score (nSPS) is 15.0. The molecule has 0 saturated heterocycles. The largest absolute Gasteiger partial charge is 0.392 e. The van der Waals surface area contributed by atoms with Crippen LogP contribution in [0.2, 0.25) is 0 Å². The summed E-state index contributed by atoms with van der Waals surface area (Å²) in [6.07, 6.45) is -0.324. The van der Waals surface area contributed by atoms with Gasteiger partial charge in [0, 0.05) is 13.6 Å². The van der Waals surface area contributed by atoms with Gasteiger partial charge in [0.2, 0.25) is 0 Å². The van der Waals surface area contributed by atoms with Crippen molar-refractivity contribution in [2.45, 2.75) is 13.0 Å². The zero-order valence-corrected chi connectivity index (χ0v) is 4.76. The van der Waals surface area contributed by atoms with Gasteiger partial charge in [-0.25, -0.2) is 5.01 Å². The summed E-state index contributed by atoms with van der Waals surface area (Å²) in [5.41, 5.74) is 0. The number of hydrogen-bond acceptors (Lipinski definition) is 3. The van der Waals surface area contributed by atoms with Crippen LogP contribution in [0.15, 0.2) is 0 Å². The minimum Gasteiger partial charge on any atom is -0.392 e. The minimum atomic E-state index is -0.324. The van der Waals surface area contributed by atoms with Crippen molar-refractivity contribution in [3.8, 4) is 0 Å². The highest BCUT2D eigenvalue weighted by Crippen LogP contribution is 1.77. The maximum atomic E-state index is 8.60. The van der Waals surface area contributed by atoms with E-state index in [1.807, 2.05) is 0 Å². The van der Waals surface area contributed by atoms with Crippen LogP contribution in [0.25, 0.3) is 0 Å². The molecular formula is C4H12N2O. The summed E-state index contributed by atoms with van der Waals surface area (Å²) in [5, 5.41) is 10.1. The van der Waals surface area contributed by atoms with Gasteiger partial charge in [0.1, 0.15) is 0 Å². The molecule has 0 aromatic carbocycles. The molecule has 0 aromatic heterocycles. The molecule has 0 heterocycles. The SMILES string of the molecule is CC(O)CN(C)N. The molecule has 7 heavy (non-hydrogen) atoms. The van der Waals surface area contributed by atoms with E-state index in [0.29, 0.717) is 6.54 Å². The molecule has 0 bridgehead atoms. The van der Waals surface area contributed by atoms with Crippen molar-refractivity contribution in [3.63, 3.8) is 0 Å². The Morgan fingerprint density at radius 2 is 2.29 bits per heavy atom. The average molecular weight is 104 g/mol. The van der Waals surface area contributed by atoms with Crippen LogP contribution in [-0.4, -0.2) is 29.8 Å². The van der Waals surface area contributed by atoms with Crippen LogP contribution in [0.4, 0.5) is 0 Å². The summed E-state index contributed by atoms with van der Waals surface area (Å²) >= 11 is 0. The molecule has 0 radical (unpaired) electrons. The zero-order valence-electron chi connectivity index (χ0n) is 4.76. The maximum absolute atomic E-state index is 8.60. The van der Waals surface area contributed by atoms with Crippen LogP contribution in [0.3, 0.4) is 0 Å². The first-order valence-corrected chi connectivity index (χ1v) is 2.27. The Bertz CT molecular complexity index is 39.0. The van der Waals surface area contributed by atoms with Gasteiger partial charge in [-0.15, -0.1) is 0 Å². The predicted molar refractivity (Wildman–Crippen MR) is 28.5 cm³/mol. The standard InChI is InChI=1S/C4H12N2O/c1-4(7)3-6(2)5/h4,7H,3,5H2,1-2H3. The minimum absolute atomic E-state index is 0.324. The van der Waals surface area contributed by atoms with Crippen molar-refractivity contribution in [2.24, 2.45) is 5.84 Å². The third-order valence-electron chi connectivity index (χ3n) is 0.552. The van der Waals surface area contributed by atoms with Gasteiger partial charge in [-0.3, -0.25) is 5.84 Å². The molecule has 0 amide bonds. The molecule has 0 aliphatic heterocycles. The molecule has 0 fully saturated rings. The first-order chi connectivity index (χ1) is 3.13. The third-order valence-corrected chi connectivity index (χ3v) is 0.552. The van der Waals surface area contributed by atoms with Crippen molar-refractivity contribution >= 4 is 0 Å². The Labute approximate surface area is 43.7 Å². The number of nitrogens with two attached hydrogens (primary N) is 1. The van der Waals surface area contributed by atoms with Gasteiger partial charge in [-0.05, 0) is 6.92 Å². The predicted octanol–water partition coefficient (Wildman–Crippen LogP) is -0.827. The first-order valence-electron chi connectivity index (χ1n) is 2.27. The Morgan fingerprint density at radius 3 is 2.29 bits per heavy atom. The van der Waals surface area contributed by atoms with Gasteiger partial charge in [0.15, 0.2) is 0 Å². The zero-order chi connectivity index (χ0) is 5.86. The number of rotatable bonds is 2. The molecule has 0 saturated carbocycles. The molecule has 1 unspecified atom stereocenters. The summed E-state index contributed by atoms with van der Waals surface area (Å²) < 4.78 is 0. The second-order valence-electron chi connectivity index (χ2n) is 1.79. The fourth-order valence-corrected chi connectivity index (χ4v) is 0.417. The molecule has 44 valence electrons. The van der Waals surface area contributed by atoms with Gasteiger partial charge in [-0.1, -0.05) is 0 Å². The van der Waals surface area contributed by atoms with E-state index in [2.05, 4.69) is 0 Å². The summed E-state index contributed by atoms with van der Waals surface area (Å²) in [7, 11) is 1.72. The van der Waals surface area contributed by atoms with Gasteiger partial charge in [0.25, 0.3) is 0 Å². The highest BCUT2D eigenvalue weighted by Gasteiger charge is 1.94. The summed E-state index contributed by atoms with van der Waals surface area (Å²) in [4.78, 5) is 0. The van der Waals surface area contributed by atoms with Gasteiger partial charge < -0.3 is 5.11 Å². The van der Waals surface area contributed by atoms with Crippen LogP contribution in [-0.2, 0) is 0 Å². The van der Waals surface area contributed by atoms with E-state index in [9.17, 15) is 0 Å². The van der Waals surface area contributed by atoms with Crippen LogP contribution in [0, 0.1) is 0 Å². The number of nitrogens with zero attached hydrogens (tertiary/aromatic N) is 1. The molecular weight excluding hydrogens is 92.1 g/mol. The van der Waals surface area contributed by atoms with E-state index in [1.165, 1.54) is 5.01 Å². The van der Waals surface area contributed by atoms with Crippen molar-refractivity contribution in [2.75, 3.05) is 13.6 Å². The highest BCUT2D eigenvalue weighted by molar-refractivity contribution is 4.46. The van der Waals surface area contributed by atoms with Crippen LogP contribution < -0.4 is 5.84 Å². The first kappa shape index (κ1) is 6.88. The second kappa shape index (κ2) is 2.96. The van der Waals surface area contributed by atoms with Gasteiger partial charge in [0.05, 0.1) is 6.10 Å². The number of hydrogen-bond donors (Lipinski definition) is 2. The quantitative estimate of drug-likeness (QED) is 0.355. The van der Waals surface area contributed by atoms with Crippen LogP contribution >= 0.6 is 0 Å². The topological polar surface area (TPSA) is 49.5 Å². The lowest BCUT2D eigenvalue weighted by Crippen LogP contribution is -2.32. The summed E-state index contributed by atoms with van der Waals surface area (Å²) in [6.45, 7) is 2.23. The van der Waals surface area contributed by atoms with E-state index in [4.69, 9.17) is 10.9 Å². The molecule has 3 N–H and O–H groups in total. The molecule has 0 aliphatic rings. The molecule has 3 heteroatoms. The van der Waals surface area contributed by atoms with E-state index in [0.717, 1.165) is 0 Å². The van der Waals surface area contributed by atoms with Crippen LogP contribution in [0.5, 0.6) is 0 Å². The Morgan fingerprint density at radius 1 is 1.86 bits per heavy atom. The maximum Gasteiger partial charge on any atom is 0.0652 e. The number of hydrazine groups is 1. The van der Waals surface area contributed by atoms with Crippen molar-refractivity contribution < 1.29 is 5.11 Å². The van der Waals surface area contributed by atoms with E-state index < -0.39 is 0 Å². The summed E-state index contributed by atoms with van der Waals surface area (Å²) in [5.74, 6) is 5.17. The number of aliphatic hydroxyl groups excluding tert-OH is 1. The monoisotopic (exact) mass is 104 g/mol. The van der Waals surface area contributed by atoms with E-state index in [1.54, 1.807) is 14.0 Å². The molecule has 0 aliphatic carbocycles. The molecule has 0 spiro atoms. The Hall–Kier alpha value is -0.120. The van der Waals surface area contributed by atoms with Crippen molar-refractivity contribution in [1.29, 1.82) is 0 Å². The fourth-order valence-electron chi connectivity index (χ4n) is 0.417. The van der Waals surface area contributed by atoms with Gasteiger partial charge in [-0.2, -0.15) is 0 Å². The highest BCUT2D eigenvalue weighted by atomic mass is 16.3. The Kier molecular flexibility index (Phi) is 2.91. The van der Waals surface area contributed by atoms with Crippen LogP contribution in [0.1, 0.15) is 6.92 Å². The number of likely N-dealkylation sites (N-methyl/N-ethyl adjacent to an activating group) is 1. The number of aliphatic hydroxyl groups is 1. The van der Waals surface area contributed by atoms with Gasteiger partial charge >= 0.3 is 0 Å². The Balaban J connectivity index is 2.95.